The number of hydrogen-bond donors (Lipinski definition) is 1. The standard InChI is InChI=1S/C12H12N2OS/c13-11(6-9-4-2-1-3-5-9)12-14-10(7-15)8-16-12/h1-5,7-8,11H,6,13H2. The molecule has 16 heavy (non-hydrogen) atoms. The lowest BCUT2D eigenvalue weighted by molar-refractivity contribution is 0.111. The zero-order valence-electron chi connectivity index (χ0n) is 8.67. The van der Waals surface area contributed by atoms with Gasteiger partial charge in [-0.2, -0.15) is 0 Å². The second-order valence-electron chi connectivity index (χ2n) is 3.52. The fourth-order valence-corrected chi connectivity index (χ4v) is 2.25. The normalized spacial score (nSPS) is 12.3. The average Bonchev–Trinajstić information content (AvgIpc) is 2.79. The van der Waals surface area contributed by atoms with E-state index in [1.807, 2.05) is 30.3 Å². The third-order valence-corrected chi connectivity index (χ3v) is 3.27. The van der Waals surface area contributed by atoms with Gasteiger partial charge in [0.15, 0.2) is 6.29 Å². The van der Waals surface area contributed by atoms with E-state index in [1.54, 1.807) is 5.38 Å². The Hall–Kier alpha value is -1.52. The van der Waals surface area contributed by atoms with Crippen LogP contribution >= 0.6 is 11.3 Å². The number of hydrogen-bond acceptors (Lipinski definition) is 4. The first-order valence-corrected chi connectivity index (χ1v) is 5.87. The number of carbonyl (C=O) groups is 1. The van der Waals surface area contributed by atoms with Crippen molar-refractivity contribution in [1.82, 2.24) is 4.98 Å². The third-order valence-electron chi connectivity index (χ3n) is 2.28. The van der Waals surface area contributed by atoms with Crippen LogP contribution < -0.4 is 5.73 Å². The molecule has 2 rings (SSSR count). The number of nitrogens with zero attached hydrogens (tertiary/aromatic N) is 1. The van der Waals surface area contributed by atoms with E-state index in [0.29, 0.717) is 5.69 Å². The van der Waals surface area contributed by atoms with E-state index in [-0.39, 0.29) is 6.04 Å². The van der Waals surface area contributed by atoms with E-state index in [1.165, 1.54) is 16.9 Å². The van der Waals surface area contributed by atoms with Crippen LogP contribution in [0.15, 0.2) is 35.7 Å². The molecular formula is C12H12N2OS. The molecule has 4 heteroatoms. The maximum Gasteiger partial charge on any atom is 0.169 e. The van der Waals surface area contributed by atoms with Gasteiger partial charge in [0.05, 0.1) is 6.04 Å². The minimum atomic E-state index is -0.138. The van der Waals surface area contributed by atoms with Crippen LogP contribution in [0, 0.1) is 0 Å². The summed E-state index contributed by atoms with van der Waals surface area (Å²) in [5.74, 6) is 0. The van der Waals surface area contributed by atoms with Crippen LogP contribution in [-0.4, -0.2) is 11.3 Å². The number of aromatic nitrogens is 1. The van der Waals surface area contributed by atoms with E-state index in [9.17, 15) is 4.79 Å². The van der Waals surface area contributed by atoms with Crippen LogP contribution in [0.5, 0.6) is 0 Å². The molecule has 0 saturated heterocycles. The summed E-state index contributed by atoms with van der Waals surface area (Å²) in [7, 11) is 0. The van der Waals surface area contributed by atoms with Gasteiger partial charge in [-0.3, -0.25) is 4.79 Å². The van der Waals surface area contributed by atoms with Crippen molar-refractivity contribution in [2.75, 3.05) is 0 Å². The van der Waals surface area contributed by atoms with Crippen molar-refractivity contribution in [3.8, 4) is 0 Å². The van der Waals surface area contributed by atoms with Gasteiger partial charge in [-0.1, -0.05) is 30.3 Å². The molecule has 3 nitrogen and oxygen atoms in total. The second-order valence-corrected chi connectivity index (χ2v) is 4.41. The van der Waals surface area contributed by atoms with Gasteiger partial charge in [0, 0.05) is 5.38 Å². The van der Waals surface area contributed by atoms with Crippen LogP contribution in [0.2, 0.25) is 0 Å². The molecule has 0 aliphatic heterocycles. The lowest BCUT2D eigenvalue weighted by Gasteiger charge is -2.07. The average molecular weight is 232 g/mol. The molecule has 2 N–H and O–H groups in total. The van der Waals surface area contributed by atoms with Crippen molar-refractivity contribution in [3.05, 3.63) is 52.0 Å². The van der Waals surface area contributed by atoms with Gasteiger partial charge in [-0.25, -0.2) is 4.98 Å². The Morgan fingerprint density at radius 3 is 2.75 bits per heavy atom. The van der Waals surface area contributed by atoms with Crippen LogP contribution in [0.1, 0.15) is 27.1 Å². The van der Waals surface area contributed by atoms with Gasteiger partial charge in [0.1, 0.15) is 10.7 Å². The highest BCUT2D eigenvalue weighted by atomic mass is 32.1. The second kappa shape index (κ2) is 5.01. The first-order chi connectivity index (χ1) is 7.79. The Morgan fingerprint density at radius 2 is 2.12 bits per heavy atom. The van der Waals surface area contributed by atoms with Gasteiger partial charge >= 0.3 is 0 Å². The van der Waals surface area contributed by atoms with E-state index < -0.39 is 0 Å². The summed E-state index contributed by atoms with van der Waals surface area (Å²) in [4.78, 5) is 14.7. The summed E-state index contributed by atoms with van der Waals surface area (Å²) >= 11 is 1.43. The molecule has 0 fully saturated rings. The molecule has 1 unspecified atom stereocenters. The largest absolute Gasteiger partial charge is 0.322 e. The van der Waals surface area contributed by atoms with Gasteiger partial charge in [0.2, 0.25) is 0 Å². The number of aldehydes is 1. The highest BCUT2D eigenvalue weighted by molar-refractivity contribution is 7.09. The third kappa shape index (κ3) is 2.53. The molecule has 0 aliphatic carbocycles. The summed E-state index contributed by atoms with van der Waals surface area (Å²) in [6, 6.07) is 9.88. The molecule has 1 aromatic heterocycles. The predicted octanol–water partition coefficient (Wildman–Crippen LogP) is 2.20. The van der Waals surface area contributed by atoms with Crippen molar-refractivity contribution in [2.45, 2.75) is 12.5 Å². The lowest BCUT2D eigenvalue weighted by atomic mass is 10.1. The zero-order valence-corrected chi connectivity index (χ0v) is 9.48. The smallest absolute Gasteiger partial charge is 0.169 e. The maximum absolute atomic E-state index is 10.5. The Bertz CT molecular complexity index is 467. The molecule has 0 saturated carbocycles. The van der Waals surface area contributed by atoms with E-state index >= 15 is 0 Å². The Kier molecular flexibility index (Phi) is 3.44. The lowest BCUT2D eigenvalue weighted by Crippen LogP contribution is -2.13. The van der Waals surface area contributed by atoms with Crippen LogP contribution in [-0.2, 0) is 6.42 Å². The van der Waals surface area contributed by atoms with Crippen LogP contribution in [0.3, 0.4) is 0 Å². The fraction of sp³-hybridized carbons (Fsp3) is 0.167. The Labute approximate surface area is 97.9 Å². The molecular weight excluding hydrogens is 220 g/mol. The zero-order chi connectivity index (χ0) is 11.4. The molecule has 0 amide bonds. The monoisotopic (exact) mass is 232 g/mol. The quantitative estimate of drug-likeness (QED) is 0.822. The molecule has 1 aromatic carbocycles. The predicted molar refractivity (Wildman–Crippen MR) is 64.6 cm³/mol. The molecule has 0 aliphatic rings. The fourth-order valence-electron chi connectivity index (χ4n) is 1.48. The van der Waals surface area contributed by atoms with Crippen molar-refractivity contribution in [2.24, 2.45) is 5.73 Å². The molecule has 2 aromatic rings. The van der Waals surface area contributed by atoms with Crippen molar-refractivity contribution >= 4 is 17.6 Å². The van der Waals surface area contributed by atoms with Crippen LogP contribution in [0.4, 0.5) is 0 Å². The summed E-state index contributed by atoms with van der Waals surface area (Å²) in [6.07, 6.45) is 1.49. The van der Waals surface area contributed by atoms with Crippen LogP contribution in [0.25, 0.3) is 0 Å². The molecule has 1 heterocycles. The van der Waals surface area contributed by atoms with Gasteiger partial charge in [-0.15, -0.1) is 11.3 Å². The first kappa shape index (κ1) is 11.0. The topological polar surface area (TPSA) is 56.0 Å². The highest BCUT2D eigenvalue weighted by Crippen LogP contribution is 2.19. The van der Waals surface area contributed by atoms with E-state index in [0.717, 1.165) is 17.7 Å². The van der Waals surface area contributed by atoms with Crippen molar-refractivity contribution < 1.29 is 4.79 Å². The molecule has 82 valence electrons. The minimum Gasteiger partial charge on any atom is -0.322 e. The van der Waals surface area contributed by atoms with Crippen molar-refractivity contribution in [1.29, 1.82) is 0 Å². The van der Waals surface area contributed by atoms with E-state index in [2.05, 4.69) is 4.98 Å². The highest BCUT2D eigenvalue weighted by Gasteiger charge is 2.11. The number of thiazole rings is 1. The van der Waals surface area contributed by atoms with Gasteiger partial charge in [0.25, 0.3) is 0 Å². The van der Waals surface area contributed by atoms with Gasteiger partial charge in [-0.05, 0) is 12.0 Å². The maximum atomic E-state index is 10.5. The SMILES string of the molecule is NC(Cc1ccccc1)c1nc(C=O)cs1. The number of nitrogens with two attached hydrogens (primary N) is 1. The molecule has 1 atom stereocenters. The van der Waals surface area contributed by atoms with E-state index in [4.69, 9.17) is 5.73 Å². The summed E-state index contributed by atoms with van der Waals surface area (Å²) in [5.41, 5.74) is 7.67. The Balaban J connectivity index is 2.08. The first-order valence-electron chi connectivity index (χ1n) is 4.99. The number of rotatable bonds is 4. The minimum absolute atomic E-state index is 0.138. The summed E-state index contributed by atoms with van der Waals surface area (Å²) < 4.78 is 0. The number of carbonyl (C=O) groups excluding carboxylic acids is 1. The molecule has 0 spiro atoms. The molecule has 0 bridgehead atoms. The summed E-state index contributed by atoms with van der Waals surface area (Å²) in [6.45, 7) is 0. The van der Waals surface area contributed by atoms with Gasteiger partial charge < -0.3 is 5.73 Å². The number of benzene rings is 1. The summed E-state index contributed by atoms with van der Waals surface area (Å²) in [5, 5.41) is 2.54. The van der Waals surface area contributed by atoms with Crippen molar-refractivity contribution in [3.63, 3.8) is 0 Å². The Morgan fingerprint density at radius 1 is 1.38 bits per heavy atom. The molecule has 0 radical (unpaired) electrons.